The Morgan fingerprint density at radius 3 is 2.42 bits per heavy atom. The average molecular weight is 271 g/mol. The normalized spacial score (nSPS) is 10.0. The van der Waals surface area contributed by atoms with Crippen molar-refractivity contribution in [2.75, 3.05) is 5.32 Å². The fourth-order valence-corrected chi connectivity index (χ4v) is 1.05. The van der Waals surface area contributed by atoms with E-state index in [0.29, 0.717) is 0 Å². The molecule has 0 aliphatic rings. The van der Waals surface area contributed by atoms with E-state index in [0.717, 1.165) is 24.4 Å². The van der Waals surface area contributed by atoms with Crippen molar-refractivity contribution in [3.05, 3.63) is 35.8 Å². The molecule has 0 unspecified atom stereocenters. The van der Waals surface area contributed by atoms with Crippen LogP contribution >= 0.6 is 0 Å². The Hall–Kier alpha value is -2.74. The third-order valence-electron chi connectivity index (χ3n) is 1.78. The van der Waals surface area contributed by atoms with Crippen LogP contribution in [0.5, 0.6) is 5.75 Å². The van der Waals surface area contributed by atoms with Gasteiger partial charge < -0.3 is 10.1 Å². The lowest BCUT2D eigenvalue weighted by molar-refractivity contribution is -0.274. The summed E-state index contributed by atoms with van der Waals surface area (Å²) in [6.45, 7) is 0. The summed E-state index contributed by atoms with van der Waals surface area (Å²) in [6, 6.07) is 5.31. The van der Waals surface area contributed by atoms with Crippen LogP contribution in [-0.4, -0.2) is 6.36 Å². The number of halogens is 4. The lowest BCUT2D eigenvalue weighted by Gasteiger charge is -2.10. The lowest BCUT2D eigenvalue weighted by atomic mass is 10.2. The summed E-state index contributed by atoms with van der Waals surface area (Å²) in [4.78, 5) is 0. The first-order chi connectivity index (χ1) is 8.85. The second-order valence-corrected chi connectivity index (χ2v) is 3.12. The summed E-state index contributed by atoms with van der Waals surface area (Å²) in [6.07, 6.45) is -4.02. The van der Waals surface area contributed by atoms with Gasteiger partial charge in [-0.25, -0.2) is 4.39 Å². The number of allylic oxidation sites excluding steroid dienone is 1. The van der Waals surface area contributed by atoms with Crippen LogP contribution in [0.4, 0.5) is 23.2 Å². The maximum Gasteiger partial charge on any atom is 0.573 e. The average Bonchev–Trinajstić information content (AvgIpc) is 2.32. The lowest BCUT2D eigenvalue weighted by Crippen LogP contribution is -2.17. The zero-order valence-corrected chi connectivity index (χ0v) is 9.12. The Labute approximate surface area is 105 Å². The van der Waals surface area contributed by atoms with Gasteiger partial charge in [0.2, 0.25) is 0 Å². The van der Waals surface area contributed by atoms with E-state index in [1.807, 2.05) is 0 Å². The molecule has 0 aliphatic carbocycles. The van der Waals surface area contributed by atoms with E-state index in [1.54, 1.807) is 0 Å². The van der Waals surface area contributed by atoms with Crippen molar-refractivity contribution in [1.82, 2.24) is 0 Å². The van der Waals surface area contributed by atoms with E-state index in [-0.39, 0.29) is 11.3 Å². The third kappa shape index (κ3) is 4.56. The highest BCUT2D eigenvalue weighted by Gasteiger charge is 2.31. The first-order valence-corrected chi connectivity index (χ1v) is 4.68. The van der Waals surface area contributed by atoms with Gasteiger partial charge in [0.1, 0.15) is 29.3 Å². The molecular formula is C11H5F4N3O. The SMILES string of the molecule is N#CC(C#N)=CNc1cc(OC(F)(F)F)ccc1F. The second-order valence-electron chi connectivity index (χ2n) is 3.12. The molecule has 1 rings (SSSR count). The van der Waals surface area contributed by atoms with E-state index >= 15 is 0 Å². The van der Waals surface area contributed by atoms with Gasteiger partial charge in [0.15, 0.2) is 0 Å². The Balaban J connectivity index is 2.96. The van der Waals surface area contributed by atoms with Gasteiger partial charge in [0.25, 0.3) is 0 Å². The number of ether oxygens (including phenoxy) is 1. The first-order valence-electron chi connectivity index (χ1n) is 4.68. The Morgan fingerprint density at radius 2 is 1.89 bits per heavy atom. The molecule has 1 aromatic rings. The molecule has 4 nitrogen and oxygen atoms in total. The van der Waals surface area contributed by atoms with Gasteiger partial charge in [-0.2, -0.15) is 10.5 Å². The van der Waals surface area contributed by atoms with Crippen LogP contribution in [0.15, 0.2) is 30.0 Å². The van der Waals surface area contributed by atoms with E-state index < -0.39 is 17.9 Å². The molecule has 1 N–H and O–H groups in total. The minimum atomic E-state index is -4.89. The van der Waals surface area contributed by atoms with Crippen LogP contribution < -0.4 is 10.1 Å². The van der Waals surface area contributed by atoms with Crippen molar-refractivity contribution in [3.63, 3.8) is 0 Å². The fourth-order valence-electron chi connectivity index (χ4n) is 1.05. The number of hydrogen-bond donors (Lipinski definition) is 1. The summed E-state index contributed by atoms with van der Waals surface area (Å²) >= 11 is 0. The quantitative estimate of drug-likeness (QED) is 0.677. The van der Waals surface area contributed by atoms with E-state index in [1.165, 1.54) is 12.1 Å². The van der Waals surface area contributed by atoms with Crippen LogP contribution in [0, 0.1) is 28.5 Å². The van der Waals surface area contributed by atoms with Gasteiger partial charge in [-0.05, 0) is 12.1 Å². The van der Waals surface area contributed by atoms with Crippen molar-refractivity contribution in [3.8, 4) is 17.9 Å². The standard InChI is InChI=1S/C11H5F4N3O/c12-9-2-1-8(19-11(13,14)15)3-10(9)18-6-7(4-16)5-17/h1-3,6,18H. The minimum absolute atomic E-state index is 0.357. The Morgan fingerprint density at radius 1 is 1.26 bits per heavy atom. The highest BCUT2D eigenvalue weighted by atomic mass is 19.4. The molecule has 0 saturated heterocycles. The fraction of sp³-hybridized carbons (Fsp3) is 0.0909. The van der Waals surface area contributed by atoms with E-state index in [4.69, 9.17) is 10.5 Å². The maximum absolute atomic E-state index is 13.3. The van der Waals surface area contributed by atoms with Gasteiger partial charge in [0.05, 0.1) is 5.69 Å². The predicted molar refractivity (Wildman–Crippen MR) is 56.0 cm³/mol. The molecule has 0 aromatic heterocycles. The number of alkyl halides is 3. The summed E-state index contributed by atoms with van der Waals surface area (Å²) in [5.74, 6) is -1.48. The molecule has 8 heteroatoms. The Kier molecular flexibility index (Phi) is 4.32. The molecule has 0 atom stereocenters. The molecular weight excluding hydrogens is 266 g/mol. The van der Waals surface area contributed by atoms with Crippen LogP contribution in [0.1, 0.15) is 0 Å². The van der Waals surface area contributed by atoms with Crippen LogP contribution in [0.3, 0.4) is 0 Å². The van der Waals surface area contributed by atoms with Crippen molar-refractivity contribution in [2.45, 2.75) is 6.36 Å². The smallest absolute Gasteiger partial charge is 0.406 e. The van der Waals surface area contributed by atoms with Gasteiger partial charge in [-0.3, -0.25) is 0 Å². The maximum atomic E-state index is 13.3. The minimum Gasteiger partial charge on any atom is -0.406 e. The van der Waals surface area contributed by atoms with Crippen LogP contribution in [-0.2, 0) is 0 Å². The molecule has 98 valence electrons. The number of nitrogens with one attached hydrogen (secondary N) is 1. The second kappa shape index (κ2) is 5.74. The molecule has 0 heterocycles. The van der Waals surface area contributed by atoms with Gasteiger partial charge >= 0.3 is 6.36 Å². The van der Waals surface area contributed by atoms with Crippen LogP contribution in [0.2, 0.25) is 0 Å². The van der Waals surface area contributed by atoms with Crippen molar-refractivity contribution >= 4 is 5.69 Å². The third-order valence-corrected chi connectivity index (χ3v) is 1.78. The summed E-state index contributed by atoms with van der Waals surface area (Å²) in [7, 11) is 0. The van der Waals surface area contributed by atoms with Gasteiger partial charge in [-0.1, -0.05) is 0 Å². The number of rotatable bonds is 3. The summed E-state index contributed by atoms with van der Waals surface area (Å²) in [5, 5.41) is 19.1. The topological polar surface area (TPSA) is 68.8 Å². The monoisotopic (exact) mass is 271 g/mol. The number of nitrogens with zero attached hydrogens (tertiary/aromatic N) is 2. The number of anilines is 1. The van der Waals surface area contributed by atoms with Crippen molar-refractivity contribution in [1.29, 1.82) is 10.5 Å². The molecule has 19 heavy (non-hydrogen) atoms. The zero-order chi connectivity index (χ0) is 14.5. The molecule has 0 radical (unpaired) electrons. The highest BCUT2D eigenvalue weighted by Crippen LogP contribution is 2.27. The number of benzene rings is 1. The summed E-state index contributed by atoms with van der Waals surface area (Å²) in [5.41, 5.74) is -0.716. The molecule has 0 fully saturated rings. The van der Waals surface area contributed by atoms with Crippen LogP contribution in [0.25, 0.3) is 0 Å². The zero-order valence-electron chi connectivity index (χ0n) is 9.12. The molecule has 0 bridgehead atoms. The summed E-state index contributed by atoms with van der Waals surface area (Å²) < 4.78 is 52.8. The number of nitriles is 2. The molecule has 0 saturated carbocycles. The molecule has 0 spiro atoms. The predicted octanol–water partition coefficient (Wildman–Crippen LogP) is 3.07. The molecule has 1 aromatic carbocycles. The van der Waals surface area contributed by atoms with Crippen molar-refractivity contribution in [2.24, 2.45) is 0 Å². The Bertz CT molecular complexity index is 565. The molecule has 0 aliphatic heterocycles. The van der Waals surface area contributed by atoms with E-state index in [9.17, 15) is 17.6 Å². The van der Waals surface area contributed by atoms with Gasteiger partial charge in [-0.15, -0.1) is 13.2 Å². The van der Waals surface area contributed by atoms with E-state index in [2.05, 4.69) is 10.1 Å². The highest BCUT2D eigenvalue weighted by molar-refractivity contribution is 5.53. The van der Waals surface area contributed by atoms with Gasteiger partial charge in [0, 0.05) is 12.3 Å². The first kappa shape index (κ1) is 14.3. The number of hydrogen-bond acceptors (Lipinski definition) is 4. The largest absolute Gasteiger partial charge is 0.573 e. The molecule has 0 amide bonds. The van der Waals surface area contributed by atoms with Crippen molar-refractivity contribution < 1.29 is 22.3 Å².